The first kappa shape index (κ1) is 19.5. The molecule has 0 atom stereocenters. The number of nitrogens with two attached hydrogens (primary N) is 1. The van der Waals surface area contributed by atoms with Gasteiger partial charge >= 0.3 is 0 Å². The van der Waals surface area contributed by atoms with Crippen molar-refractivity contribution in [2.24, 2.45) is 5.73 Å². The molecule has 6 heteroatoms. The summed E-state index contributed by atoms with van der Waals surface area (Å²) in [6.45, 7) is 1.52. The number of likely N-dealkylation sites (N-methyl/N-ethyl adjacent to an activating group) is 1. The molecule has 0 saturated heterocycles. The molecule has 4 nitrogen and oxygen atoms in total. The van der Waals surface area contributed by atoms with Crippen LogP contribution in [0.5, 0.6) is 0 Å². The van der Waals surface area contributed by atoms with Crippen LogP contribution in [0, 0.1) is 0 Å². The molecule has 0 spiro atoms. The van der Waals surface area contributed by atoms with Gasteiger partial charge in [-0.05, 0) is 26.2 Å². The topological polar surface area (TPSA) is 49.6 Å². The van der Waals surface area contributed by atoms with Crippen molar-refractivity contribution in [3.63, 3.8) is 0 Å². The molecule has 0 aliphatic heterocycles. The minimum absolute atomic E-state index is 0. The van der Waals surface area contributed by atoms with Gasteiger partial charge in [0.2, 0.25) is 5.91 Å². The number of para-hydroxylation sites is 1. The van der Waals surface area contributed by atoms with Gasteiger partial charge < -0.3 is 15.5 Å². The number of rotatable bonds is 5. The summed E-state index contributed by atoms with van der Waals surface area (Å²) in [4.78, 5) is 15.5. The highest BCUT2D eigenvalue weighted by Crippen LogP contribution is 2.12. The van der Waals surface area contributed by atoms with Crippen LogP contribution >= 0.6 is 24.8 Å². The molecule has 1 aromatic rings. The number of carbonyl (C=O) groups excluding carboxylic acids is 1. The highest BCUT2D eigenvalue weighted by Gasteiger charge is 2.13. The average molecular weight is 294 g/mol. The highest BCUT2D eigenvalue weighted by molar-refractivity contribution is 5.94. The number of amides is 1. The Morgan fingerprint density at radius 1 is 1.11 bits per heavy atom. The van der Waals surface area contributed by atoms with E-state index in [0.29, 0.717) is 6.54 Å². The van der Waals surface area contributed by atoms with E-state index in [9.17, 15) is 4.79 Å². The number of benzene rings is 1. The van der Waals surface area contributed by atoms with Crippen molar-refractivity contribution in [2.45, 2.75) is 0 Å². The summed E-state index contributed by atoms with van der Waals surface area (Å²) in [5.41, 5.74) is 6.31. The van der Waals surface area contributed by atoms with Gasteiger partial charge in [-0.2, -0.15) is 0 Å². The van der Waals surface area contributed by atoms with Crippen LogP contribution in [-0.2, 0) is 4.79 Å². The van der Waals surface area contributed by atoms with Crippen LogP contribution in [0.4, 0.5) is 5.69 Å². The first-order valence-corrected chi connectivity index (χ1v) is 5.35. The van der Waals surface area contributed by atoms with Crippen LogP contribution in [0.2, 0.25) is 0 Å². The van der Waals surface area contributed by atoms with E-state index < -0.39 is 0 Å². The van der Waals surface area contributed by atoms with E-state index in [1.807, 2.05) is 49.3 Å². The van der Waals surface area contributed by atoms with E-state index in [2.05, 4.69) is 0 Å². The summed E-state index contributed by atoms with van der Waals surface area (Å²) in [5, 5.41) is 0. The molecular formula is C12H21Cl2N3O. The lowest BCUT2D eigenvalue weighted by Gasteiger charge is -2.23. The van der Waals surface area contributed by atoms with Gasteiger partial charge in [-0.3, -0.25) is 4.79 Å². The van der Waals surface area contributed by atoms with Gasteiger partial charge in [0.1, 0.15) is 0 Å². The minimum atomic E-state index is -0.0481. The Bertz CT molecular complexity index is 333. The molecule has 1 rings (SSSR count). The SMILES string of the molecule is CN(C)CCN(C(=O)CN)c1ccccc1.Cl.Cl. The Balaban J connectivity index is 0. The first-order valence-electron chi connectivity index (χ1n) is 5.35. The minimum Gasteiger partial charge on any atom is -0.322 e. The Hall–Kier alpha value is -0.810. The Morgan fingerprint density at radius 3 is 2.11 bits per heavy atom. The molecule has 0 aliphatic carbocycles. The average Bonchev–Trinajstić information content (AvgIpc) is 2.30. The van der Waals surface area contributed by atoms with E-state index in [4.69, 9.17) is 5.73 Å². The van der Waals surface area contributed by atoms with Crippen molar-refractivity contribution in [3.05, 3.63) is 30.3 Å². The standard InChI is InChI=1S/C12H19N3O.2ClH/c1-14(2)8-9-15(12(16)10-13)11-6-4-3-5-7-11;;/h3-7H,8-10,13H2,1-2H3;2*1H. The van der Waals surface area contributed by atoms with E-state index in [1.54, 1.807) is 4.90 Å². The fourth-order valence-electron chi connectivity index (χ4n) is 1.42. The number of anilines is 1. The molecular weight excluding hydrogens is 273 g/mol. The first-order chi connectivity index (χ1) is 7.65. The molecule has 0 aliphatic rings. The van der Waals surface area contributed by atoms with Gasteiger partial charge in [0.05, 0.1) is 6.54 Å². The number of halogens is 2. The summed E-state index contributed by atoms with van der Waals surface area (Å²) < 4.78 is 0. The molecule has 0 saturated carbocycles. The molecule has 104 valence electrons. The summed E-state index contributed by atoms with van der Waals surface area (Å²) in [6, 6.07) is 9.61. The van der Waals surface area contributed by atoms with E-state index in [0.717, 1.165) is 12.2 Å². The third kappa shape index (κ3) is 6.21. The zero-order valence-corrected chi connectivity index (χ0v) is 12.3. The van der Waals surface area contributed by atoms with Crippen molar-refractivity contribution in [2.75, 3.05) is 38.6 Å². The molecule has 0 bridgehead atoms. The Morgan fingerprint density at radius 2 is 1.67 bits per heavy atom. The van der Waals surface area contributed by atoms with Crippen LogP contribution in [-0.4, -0.2) is 44.5 Å². The predicted molar refractivity (Wildman–Crippen MR) is 80.9 cm³/mol. The van der Waals surface area contributed by atoms with Crippen LogP contribution in [0.1, 0.15) is 0 Å². The third-order valence-corrected chi connectivity index (χ3v) is 2.31. The van der Waals surface area contributed by atoms with E-state index in [1.165, 1.54) is 0 Å². The molecule has 0 aromatic heterocycles. The molecule has 0 unspecified atom stereocenters. The molecule has 0 fully saturated rings. The number of nitrogens with zero attached hydrogens (tertiary/aromatic N) is 2. The monoisotopic (exact) mass is 293 g/mol. The van der Waals surface area contributed by atoms with E-state index in [-0.39, 0.29) is 37.3 Å². The smallest absolute Gasteiger partial charge is 0.240 e. The maximum absolute atomic E-state index is 11.7. The fourth-order valence-corrected chi connectivity index (χ4v) is 1.42. The molecule has 2 N–H and O–H groups in total. The van der Waals surface area contributed by atoms with Gasteiger partial charge in [0.25, 0.3) is 0 Å². The molecule has 1 amide bonds. The number of carbonyl (C=O) groups is 1. The summed E-state index contributed by atoms with van der Waals surface area (Å²) in [7, 11) is 3.96. The normalized spacial score (nSPS) is 9.33. The Labute approximate surface area is 121 Å². The quantitative estimate of drug-likeness (QED) is 0.892. The van der Waals surface area contributed by atoms with E-state index >= 15 is 0 Å². The third-order valence-electron chi connectivity index (χ3n) is 2.31. The zero-order valence-electron chi connectivity index (χ0n) is 10.7. The largest absolute Gasteiger partial charge is 0.322 e. The zero-order chi connectivity index (χ0) is 12.0. The summed E-state index contributed by atoms with van der Waals surface area (Å²) in [5.74, 6) is -0.0481. The predicted octanol–water partition coefficient (Wildman–Crippen LogP) is 1.38. The fraction of sp³-hybridized carbons (Fsp3) is 0.417. The van der Waals surface area contributed by atoms with Crippen molar-refractivity contribution < 1.29 is 4.79 Å². The second-order valence-electron chi connectivity index (χ2n) is 3.89. The lowest BCUT2D eigenvalue weighted by atomic mass is 10.2. The van der Waals surface area contributed by atoms with Gasteiger partial charge in [0, 0.05) is 18.8 Å². The van der Waals surface area contributed by atoms with Crippen molar-refractivity contribution >= 4 is 36.4 Å². The van der Waals surface area contributed by atoms with Crippen molar-refractivity contribution in [1.82, 2.24) is 4.90 Å². The van der Waals surface area contributed by atoms with Gasteiger partial charge in [-0.15, -0.1) is 24.8 Å². The van der Waals surface area contributed by atoms with Crippen molar-refractivity contribution in [1.29, 1.82) is 0 Å². The molecule has 0 radical (unpaired) electrons. The number of hydrogen-bond donors (Lipinski definition) is 1. The van der Waals surface area contributed by atoms with Crippen LogP contribution in [0.3, 0.4) is 0 Å². The molecule has 1 aromatic carbocycles. The van der Waals surface area contributed by atoms with Crippen LogP contribution in [0.25, 0.3) is 0 Å². The van der Waals surface area contributed by atoms with Gasteiger partial charge in [-0.1, -0.05) is 18.2 Å². The van der Waals surface area contributed by atoms with Gasteiger partial charge in [0.15, 0.2) is 0 Å². The molecule has 18 heavy (non-hydrogen) atoms. The lowest BCUT2D eigenvalue weighted by molar-refractivity contribution is -0.117. The maximum atomic E-state index is 11.7. The molecule has 0 heterocycles. The summed E-state index contributed by atoms with van der Waals surface area (Å²) >= 11 is 0. The maximum Gasteiger partial charge on any atom is 0.240 e. The van der Waals surface area contributed by atoms with Crippen LogP contribution in [0.15, 0.2) is 30.3 Å². The van der Waals surface area contributed by atoms with Gasteiger partial charge in [-0.25, -0.2) is 0 Å². The highest BCUT2D eigenvalue weighted by atomic mass is 35.5. The lowest BCUT2D eigenvalue weighted by Crippen LogP contribution is -2.40. The Kier molecular flexibility index (Phi) is 11.0. The number of hydrogen-bond acceptors (Lipinski definition) is 3. The summed E-state index contributed by atoms with van der Waals surface area (Å²) in [6.07, 6.45) is 0. The second kappa shape index (κ2) is 10.1. The second-order valence-corrected chi connectivity index (χ2v) is 3.89. The van der Waals surface area contributed by atoms with Crippen LogP contribution < -0.4 is 10.6 Å². The van der Waals surface area contributed by atoms with Crippen molar-refractivity contribution in [3.8, 4) is 0 Å².